The molecule has 1 heterocycles. The fraction of sp³-hybridized carbons (Fsp3) is 0.417. The second kappa shape index (κ2) is 3.71. The van der Waals surface area contributed by atoms with Crippen molar-refractivity contribution in [2.45, 2.75) is 19.4 Å². The van der Waals surface area contributed by atoms with E-state index in [1.807, 2.05) is 12.1 Å². The highest BCUT2D eigenvalue weighted by atomic mass is 79.9. The van der Waals surface area contributed by atoms with Gasteiger partial charge in [0.2, 0.25) is 0 Å². The quantitative estimate of drug-likeness (QED) is 0.796. The van der Waals surface area contributed by atoms with Crippen molar-refractivity contribution in [1.29, 1.82) is 0 Å². The van der Waals surface area contributed by atoms with E-state index in [4.69, 9.17) is 0 Å². The lowest BCUT2D eigenvalue weighted by molar-refractivity contribution is 0.147. The number of aliphatic hydroxyl groups is 1. The molecule has 90 valence electrons. The fourth-order valence-electron chi connectivity index (χ4n) is 2.32. The summed E-state index contributed by atoms with van der Waals surface area (Å²) in [6.07, 6.45) is 0.608. The molecule has 1 aliphatic carbocycles. The summed E-state index contributed by atoms with van der Waals surface area (Å²) < 4.78 is 0.840. The zero-order valence-corrected chi connectivity index (χ0v) is 10.9. The third-order valence-electron chi connectivity index (χ3n) is 3.53. The summed E-state index contributed by atoms with van der Waals surface area (Å²) >= 11 is 3.45. The van der Waals surface area contributed by atoms with E-state index in [9.17, 15) is 9.90 Å². The molecular formula is C12H13BrN2O2. The molecule has 0 aliphatic heterocycles. The van der Waals surface area contributed by atoms with E-state index in [2.05, 4.69) is 32.8 Å². The molecule has 0 bridgehead atoms. The van der Waals surface area contributed by atoms with Crippen molar-refractivity contribution >= 4 is 27.0 Å². The maximum atomic E-state index is 11.2. The number of imidazole rings is 1. The standard InChI is InChI=1S/C12H13BrN2O2/c1-5-2-6(5)11(16)7-3-9-10(4-8(7)13)15-12(17)14-9/h3-6,11,16H,2H2,1H3,(H2,14,15,17). The Bertz CT molecular complexity index is 631. The summed E-state index contributed by atoms with van der Waals surface area (Å²) in [7, 11) is 0. The minimum Gasteiger partial charge on any atom is -0.388 e. The summed E-state index contributed by atoms with van der Waals surface area (Å²) in [5.74, 6) is 0.923. The Kier molecular flexibility index (Phi) is 2.41. The molecule has 1 saturated carbocycles. The van der Waals surface area contributed by atoms with E-state index < -0.39 is 6.10 Å². The van der Waals surface area contributed by atoms with Crippen molar-refractivity contribution in [3.05, 3.63) is 32.7 Å². The van der Waals surface area contributed by atoms with Gasteiger partial charge in [-0.2, -0.15) is 0 Å². The van der Waals surface area contributed by atoms with E-state index in [1.165, 1.54) is 0 Å². The monoisotopic (exact) mass is 296 g/mol. The Hall–Kier alpha value is -1.07. The molecular weight excluding hydrogens is 284 g/mol. The summed E-state index contributed by atoms with van der Waals surface area (Å²) in [6, 6.07) is 3.67. The van der Waals surface area contributed by atoms with Crippen LogP contribution in [0, 0.1) is 11.8 Å². The van der Waals surface area contributed by atoms with E-state index in [1.54, 1.807) is 0 Å². The van der Waals surface area contributed by atoms with Crippen LogP contribution in [-0.4, -0.2) is 15.1 Å². The van der Waals surface area contributed by atoms with Gasteiger partial charge in [0.25, 0.3) is 0 Å². The molecule has 1 aliphatic rings. The molecule has 0 amide bonds. The third-order valence-corrected chi connectivity index (χ3v) is 4.22. The number of fused-ring (bicyclic) bond motifs is 1. The number of benzene rings is 1. The topological polar surface area (TPSA) is 68.9 Å². The Labute approximate surface area is 106 Å². The number of aromatic nitrogens is 2. The number of aliphatic hydroxyl groups excluding tert-OH is 1. The van der Waals surface area contributed by atoms with Gasteiger partial charge < -0.3 is 15.1 Å². The van der Waals surface area contributed by atoms with Crippen molar-refractivity contribution in [2.75, 3.05) is 0 Å². The first-order valence-corrected chi connectivity index (χ1v) is 6.45. The SMILES string of the molecule is CC1CC1C(O)c1cc2[nH]c(=O)[nH]c2cc1Br. The van der Waals surface area contributed by atoms with E-state index in [-0.39, 0.29) is 5.69 Å². The highest BCUT2D eigenvalue weighted by molar-refractivity contribution is 9.10. The van der Waals surface area contributed by atoms with Gasteiger partial charge in [-0.05, 0) is 36.0 Å². The number of hydrogen-bond donors (Lipinski definition) is 3. The van der Waals surface area contributed by atoms with Crippen molar-refractivity contribution in [3.8, 4) is 0 Å². The van der Waals surface area contributed by atoms with Gasteiger partial charge in [-0.25, -0.2) is 4.79 Å². The Balaban J connectivity index is 2.09. The van der Waals surface area contributed by atoms with Crippen LogP contribution in [0.5, 0.6) is 0 Å². The van der Waals surface area contributed by atoms with Gasteiger partial charge in [0, 0.05) is 4.47 Å². The van der Waals surface area contributed by atoms with Gasteiger partial charge in [-0.3, -0.25) is 0 Å². The first-order valence-electron chi connectivity index (χ1n) is 5.66. The van der Waals surface area contributed by atoms with Gasteiger partial charge in [-0.1, -0.05) is 22.9 Å². The third kappa shape index (κ3) is 1.83. The van der Waals surface area contributed by atoms with Crippen molar-refractivity contribution < 1.29 is 5.11 Å². The molecule has 0 spiro atoms. The number of nitrogens with one attached hydrogen (secondary N) is 2. The number of hydrogen-bond acceptors (Lipinski definition) is 2. The van der Waals surface area contributed by atoms with E-state index in [0.29, 0.717) is 11.8 Å². The highest BCUT2D eigenvalue weighted by Crippen LogP contribution is 2.48. The predicted molar refractivity (Wildman–Crippen MR) is 68.9 cm³/mol. The van der Waals surface area contributed by atoms with Gasteiger partial charge in [0.15, 0.2) is 0 Å². The minimum atomic E-state index is -0.456. The lowest BCUT2D eigenvalue weighted by Gasteiger charge is -2.12. The number of rotatable bonds is 2. The smallest absolute Gasteiger partial charge is 0.323 e. The molecule has 0 saturated heterocycles. The Morgan fingerprint density at radius 1 is 1.41 bits per heavy atom. The second-order valence-corrected chi connectivity index (χ2v) is 5.67. The van der Waals surface area contributed by atoms with Crippen LogP contribution in [0.25, 0.3) is 11.0 Å². The second-order valence-electron chi connectivity index (χ2n) is 4.82. The first-order chi connectivity index (χ1) is 8.06. The molecule has 1 aromatic carbocycles. The average Bonchev–Trinajstić information content (AvgIpc) is 2.87. The Morgan fingerprint density at radius 2 is 2.00 bits per heavy atom. The molecule has 17 heavy (non-hydrogen) atoms. The first kappa shape index (κ1) is 11.0. The van der Waals surface area contributed by atoms with Crippen LogP contribution in [0.2, 0.25) is 0 Å². The molecule has 4 nitrogen and oxygen atoms in total. The van der Waals surface area contributed by atoms with E-state index in [0.717, 1.165) is 27.5 Å². The fourth-order valence-corrected chi connectivity index (χ4v) is 2.90. The normalized spacial score (nSPS) is 25.1. The van der Waals surface area contributed by atoms with Crippen molar-refractivity contribution in [2.24, 2.45) is 11.8 Å². The number of H-pyrrole nitrogens is 2. The van der Waals surface area contributed by atoms with Crippen LogP contribution in [0.3, 0.4) is 0 Å². The van der Waals surface area contributed by atoms with Crippen molar-refractivity contribution in [1.82, 2.24) is 9.97 Å². The summed E-state index contributed by atoms with van der Waals surface area (Å²) in [5, 5.41) is 10.2. The summed E-state index contributed by atoms with van der Waals surface area (Å²) in [5.41, 5.74) is 2.11. The summed E-state index contributed by atoms with van der Waals surface area (Å²) in [6.45, 7) is 2.14. The Morgan fingerprint density at radius 3 is 2.59 bits per heavy atom. The number of halogens is 1. The van der Waals surface area contributed by atoms with Crippen LogP contribution in [-0.2, 0) is 0 Å². The van der Waals surface area contributed by atoms with Crippen LogP contribution < -0.4 is 5.69 Å². The average molecular weight is 297 g/mol. The maximum absolute atomic E-state index is 11.2. The molecule has 0 radical (unpaired) electrons. The van der Waals surface area contributed by atoms with Gasteiger partial charge in [0.1, 0.15) is 0 Å². The molecule has 3 rings (SSSR count). The molecule has 1 aromatic heterocycles. The molecule has 3 atom stereocenters. The van der Waals surface area contributed by atoms with E-state index >= 15 is 0 Å². The lowest BCUT2D eigenvalue weighted by atomic mass is 10.0. The van der Waals surface area contributed by atoms with Crippen LogP contribution in [0.1, 0.15) is 25.0 Å². The van der Waals surface area contributed by atoms with Crippen LogP contribution >= 0.6 is 15.9 Å². The predicted octanol–water partition coefficient (Wildman–Crippen LogP) is 2.31. The molecule has 1 fully saturated rings. The molecule has 5 heteroatoms. The minimum absolute atomic E-state index is 0.224. The van der Waals surface area contributed by atoms with Crippen LogP contribution in [0.4, 0.5) is 0 Å². The van der Waals surface area contributed by atoms with Gasteiger partial charge in [0.05, 0.1) is 17.1 Å². The molecule has 3 unspecified atom stereocenters. The zero-order chi connectivity index (χ0) is 12.2. The van der Waals surface area contributed by atoms with Gasteiger partial charge >= 0.3 is 5.69 Å². The van der Waals surface area contributed by atoms with Gasteiger partial charge in [-0.15, -0.1) is 0 Å². The molecule has 3 N–H and O–H groups in total. The highest BCUT2D eigenvalue weighted by Gasteiger charge is 2.40. The van der Waals surface area contributed by atoms with Crippen LogP contribution in [0.15, 0.2) is 21.4 Å². The maximum Gasteiger partial charge on any atom is 0.323 e. The van der Waals surface area contributed by atoms with Crippen molar-refractivity contribution in [3.63, 3.8) is 0 Å². The largest absolute Gasteiger partial charge is 0.388 e. The zero-order valence-electron chi connectivity index (χ0n) is 9.33. The lowest BCUT2D eigenvalue weighted by Crippen LogP contribution is -2.02. The summed E-state index contributed by atoms with van der Waals surface area (Å²) in [4.78, 5) is 16.6. The molecule has 2 aromatic rings. The number of aromatic amines is 2.